The fourth-order valence-electron chi connectivity index (χ4n) is 4.91. The molecule has 1 N–H and O–H groups in total. The first-order valence-electron chi connectivity index (χ1n) is 14.7. The molecule has 0 spiro atoms. The smallest absolute Gasteiger partial charge is 0.419 e. The van der Waals surface area contributed by atoms with E-state index in [9.17, 15) is 28.0 Å². The Morgan fingerprint density at radius 1 is 1.12 bits per heavy atom. The van der Waals surface area contributed by atoms with Crippen LogP contribution in [-0.4, -0.2) is 43.6 Å². The molecule has 4 aromatic rings. The average molecular weight is 690 g/mol. The van der Waals surface area contributed by atoms with Crippen LogP contribution in [0, 0.1) is 17.1 Å². The van der Waals surface area contributed by atoms with Crippen LogP contribution in [0.25, 0.3) is 17.1 Å². The number of halogens is 6. The summed E-state index contributed by atoms with van der Waals surface area (Å²) in [4.78, 5) is 27.6. The molecule has 11 nitrogen and oxygen atoms in total. The normalized spacial score (nSPS) is 16.5. The molecule has 17 heteroatoms. The van der Waals surface area contributed by atoms with Crippen molar-refractivity contribution < 1.29 is 45.1 Å². The van der Waals surface area contributed by atoms with E-state index in [1.807, 2.05) is 6.07 Å². The Morgan fingerprint density at radius 2 is 1.80 bits per heavy atom. The largest absolute Gasteiger partial charge is 0.444 e. The highest BCUT2D eigenvalue weighted by atomic mass is 19.4. The van der Waals surface area contributed by atoms with Crippen LogP contribution in [-0.2, 0) is 33.6 Å². The summed E-state index contributed by atoms with van der Waals surface area (Å²) in [6.07, 6.45) is -5.55. The van der Waals surface area contributed by atoms with Crippen molar-refractivity contribution in [2.75, 3.05) is 4.90 Å². The zero-order valence-electron chi connectivity index (χ0n) is 26.7. The quantitative estimate of drug-likeness (QED) is 0.218. The number of rotatable bonds is 6. The predicted molar refractivity (Wildman–Crippen MR) is 160 cm³/mol. The third-order valence-corrected chi connectivity index (χ3v) is 7.41. The number of ether oxygens (including phenoxy) is 1. The first-order valence-corrected chi connectivity index (χ1v) is 14.7. The van der Waals surface area contributed by atoms with Gasteiger partial charge in [-0.3, -0.25) is 4.79 Å². The molecule has 49 heavy (non-hydrogen) atoms. The number of hydrogen-bond acceptors (Lipinski definition) is 8. The molecule has 0 fully saturated rings. The van der Waals surface area contributed by atoms with Gasteiger partial charge in [-0.05, 0) is 64.4 Å². The second-order valence-corrected chi connectivity index (χ2v) is 12.9. The van der Waals surface area contributed by atoms with Crippen molar-refractivity contribution >= 4 is 17.7 Å². The van der Waals surface area contributed by atoms with Crippen LogP contribution in [0.4, 0.5) is 36.8 Å². The van der Waals surface area contributed by atoms with Gasteiger partial charge in [0.1, 0.15) is 22.9 Å². The summed E-state index contributed by atoms with van der Waals surface area (Å²) in [6.45, 7) is 7.18. The summed E-state index contributed by atoms with van der Waals surface area (Å²) in [7, 11) is 0. The number of aromatic nitrogens is 4. The van der Waals surface area contributed by atoms with Gasteiger partial charge in [0.15, 0.2) is 0 Å². The number of anilines is 1. The van der Waals surface area contributed by atoms with E-state index < -0.39 is 88.2 Å². The van der Waals surface area contributed by atoms with E-state index in [-0.39, 0.29) is 11.6 Å². The third kappa shape index (κ3) is 7.37. The highest BCUT2D eigenvalue weighted by molar-refractivity contribution is 6.00. The Kier molecular flexibility index (Phi) is 8.73. The van der Waals surface area contributed by atoms with Gasteiger partial charge < -0.3 is 19.4 Å². The maximum absolute atomic E-state index is 15.9. The number of fused-ring (bicyclic) bond motifs is 1. The second-order valence-electron chi connectivity index (χ2n) is 12.9. The fourth-order valence-corrected chi connectivity index (χ4v) is 4.91. The van der Waals surface area contributed by atoms with Gasteiger partial charge in [-0.15, -0.1) is 10.2 Å². The minimum atomic E-state index is -4.61. The first kappa shape index (κ1) is 34.9. The van der Waals surface area contributed by atoms with Crippen molar-refractivity contribution in [3.8, 4) is 23.2 Å². The van der Waals surface area contributed by atoms with Gasteiger partial charge in [0.25, 0.3) is 11.8 Å². The molecule has 5 rings (SSSR count). The molecule has 0 unspecified atom stereocenters. The summed E-state index contributed by atoms with van der Waals surface area (Å²) in [5, 5.41) is 22.9. The monoisotopic (exact) mass is 689 g/mol. The van der Waals surface area contributed by atoms with Crippen molar-refractivity contribution in [3.63, 3.8) is 0 Å². The average Bonchev–Trinajstić information content (AvgIpc) is 3.69. The number of benzene rings is 2. The lowest BCUT2D eigenvalue weighted by atomic mass is 9.96. The number of nitrogens with zero attached hydrogens (tertiary/aromatic N) is 6. The summed E-state index contributed by atoms with van der Waals surface area (Å²) < 4.78 is 98.3. The zero-order valence-corrected chi connectivity index (χ0v) is 26.7. The number of alkyl halides is 5. The molecule has 1 aliphatic heterocycles. The Labute approximate surface area is 275 Å². The molecule has 0 aliphatic carbocycles. The molecule has 2 aromatic carbocycles. The van der Waals surface area contributed by atoms with E-state index in [0.717, 1.165) is 21.8 Å². The zero-order chi connectivity index (χ0) is 36.1. The Hall–Kier alpha value is -5.40. The molecule has 1 aliphatic rings. The minimum Gasteiger partial charge on any atom is -0.444 e. The van der Waals surface area contributed by atoms with Gasteiger partial charge >= 0.3 is 12.3 Å². The van der Waals surface area contributed by atoms with Gasteiger partial charge in [-0.2, -0.15) is 23.5 Å². The van der Waals surface area contributed by atoms with Crippen LogP contribution in [0.1, 0.15) is 63.6 Å². The molecule has 0 radical (unpaired) electrons. The van der Waals surface area contributed by atoms with Crippen molar-refractivity contribution in [2.24, 2.45) is 0 Å². The predicted octanol–water partition coefficient (Wildman–Crippen LogP) is 6.80. The molecule has 0 saturated carbocycles. The van der Waals surface area contributed by atoms with Crippen molar-refractivity contribution in [2.45, 2.75) is 76.7 Å². The number of carbonyl (C=O) groups is 2. The van der Waals surface area contributed by atoms with Crippen LogP contribution < -0.4 is 10.2 Å². The SMILES string of the molecule is CC(C)(C)OC(=O)N[C@@H]1CC(F)(F)c2cc(F)c(-c3nnc(C(C)(C)C#N)o3)cc2N(Cc2ccc(-n3cc(C(F)(F)F)cn3)cc2)C1=O. The second kappa shape index (κ2) is 12.2. The van der Waals surface area contributed by atoms with E-state index in [1.165, 1.54) is 38.1 Å². The van der Waals surface area contributed by atoms with Crippen molar-refractivity contribution in [3.05, 3.63) is 77.2 Å². The third-order valence-electron chi connectivity index (χ3n) is 7.41. The highest BCUT2D eigenvalue weighted by Gasteiger charge is 2.47. The molecule has 1 atom stereocenters. The van der Waals surface area contributed by atoms with Gasteiger partial charge in [0.2, 0.25) is 11.8 Å². The number of nitrogens with one attached hydrogen (secondary N) is 1. The Balaban J connectivity index is 1.58. The summed E-state index contributed by atoms with van der Waals surface area (Å²) in [5.74, 6) is -6.65. The number of carbonyl (C=O) groups excluding carboxylic acids is 2. The minimum absolute atomic E-state index is 0.168. The van der Waals surface area contributed by atoms with Crippen LogP contribution in [0.2, 0.25) is 0 Å². The van der Waals surface area contributed by atoms with Crippen LogP contribution in [0.15, 0.2) is 53.2 Å². The fraction of sp³-hybridized carbons (Fsp3) is 0.375. The van der Waals surface area contributed by atoms with Gasteiger partial charge in [0.05, 0.1) is 41.3 Å². The summed E-state index contributed by atoms with van der Waals surface area (Å²) in [5.41, 5.74) is -4.45. The van der Waals surface area contributed by atoms with Crippen LogP contribution in [0.5, 0.6) is 0 Å². The lowest BCUT2D eigenvalue weighted by Crippen LogP contribution is -2.49. The maximum Gasteiger partial charge on any atom is 0.419 e. The van der Waals surface area contributed by atoms with Gasteiger partial charge in [-0.25, -0.2) is 22.6 Å². The molecule has 3 heterocycles. The lowest BCUT2D eigenvalue weighted by molar-refractivity contribution is -0.137. The molecule has 258 valence electrons. The topological polar surface area (TPSA) is 139 Å². The lowest BCUT2D eigenvalue weighted by Gasteiger charge is -2.27. The van der Waals surface area contributed by atoms with Gasteiger partial charge in [0, 0.05) is 18.2 Å². The molecule has 2 amide bonds. The standard InChI is InChI=1S/C32H29F6N7O4/c1-29(2,3)49-28(47)41-23-12-31(34,35)21-11-22(33)20(25-42-43-27(48-25)30(4,5)16-39)10-24(21)44(26(23)46)14-17-6-8-19(9-7-17)45-15-18(13-40-45)32(36,37)38/h6-11,13,15,23H,12,14H2,1-5H3,(H,41,47)/t23-/m1/s1. The molecule has 0 bridgehead atoms. The van der Waals surface area contributed by atoms with Crippen LogP contribution in [0.3, 0.4) is 0 Å². The number of amides is 2. The Bertz CT molecular complexity index is 1940. The molecular formula is C32H29F6N7O4. The van der Waals surface area contributed by atoms with Crippen molar-refractivity contribution in [1.82, 2.24) is 25.3 Å². The van der Waals surface area contributed by atoms with E-state index in [0.29, 0.717) is 17.8 Å². The van der Waals surface area contributed by atoms with E-state index in [2.05, 4.69) is 20.6 Å². The molecule has 0 saturated heterocycles. The first-order chi connectivity index (χ1) is 22.7. The van der Waals surface area contributed by atoms with E-state index >= 15 is 13.2 Å². The van der Waals surface area contributed by atoms with E-state index in [4.69, 9.17) is 9.15 Å². The van der Waals surface area contributed by atoms with Crippen LogP contribution >= 0.6 is 0 Å². The molecule has 2 aromatic heterocycles. The van der Waals surface area contributed by atoms with Crippen molar-refractivity contribution in [1.29, 1.82) is 5.26 Å². The summed E-state index contributed by atoms with van der Waals surface area (Å²) >= 11 is 0. The highest BCUT2D eigenvalue weighted by Crippen LogP contribution is 2.45. The number of nitriles is 1. The summed E-state index contributed by atoms with van der Waals surface area (Å²) in [6, 6.07) is 7.30. The van der Waals surface area contributed by atoms with Gasteiger partial charge in [-0.1, -0.05) is 12.1 Å². The Morgan fingerprint density at radius 3 is 2.39 bits per heavy atom. The maximum atomic E-state index is 15.9. The number of alkyl carbamates (subject to hydrolysis) is 1. The van der Waals surface area contributed by atoms with E-state index in [1.54, 1.807) is 20.8 Å². The number of hydrogen-bond donors (Lipinski definition) is 1. The molecular weight excluding hydrogens is 660 g/mol.